The summed E-state index contributed by atoms with van der Waals surface area (Å²) in [5.74, 6) is 0. The molecule has 0 fully saturated rings. The van der Waals surface area contributed by atoms with Crippen LogP contribution < -0.4 is 33.9 Å². The van der Waals surface area contributed by atoms with Crippen molar-refractivity contribution in [1.82, 2.24) is 9.97 Å². The van der Waals surface area contributed by atoms with Crippen molar-refractivity contribution in [2.45, 2.75) is 6.67 Å². The molecule has 0 radical (unpaired) electrons. The molecular weight excluding hydrogens is 379 g/mol. The van der Waals surface area contributed by atoms with Crippen molar-refractivity contribution in [3.05, 3.63) is 98.1 Å². The number of aromatic nitrogens is 4. The Kier molecular flexibility index (Phi) is 7.41. The van der Waals surface area contributed by atoms with E-state index >= 15 is 0 Å². The fraction of sp³-hybridized carbons (Fsp3) is 0.0476. The van der Waals surface area contributed by atoms with E-state index < -0.39 is 0 Å². The van der Waals surface area contributed by atoms with Crippen LogP contribution in [-0.4, -0.2) is 9.97 Å². The molecule has 0 saturated carbocycles. The largest absolute Gasteiger partial charge is 1.00 e. The van der Waals surface area contributed by atoms with Crippen LogP contribution in [0.4, 0.5) is 0 Å². The first-order valence-corrected chi connectivity index (χ1v) is 8.17. The zero-order valence-corrected chi connectivity index (χ0v) is 16.0. The maximum atomic E-state index is 4.06. The van der Waals surface area contributed by atoms with Crippen LogP contribution in [0.25, 0.3) is 22.3 Å². The minimum atomic E-state index is 0. The monoisotopic (exact) mass is 396 g/mol. The Hall–Kier alpha value is -2.82. The average Bonchev–Trinajstić information content (AvgIpc) is 2.71. The number of nitrogens with zero attached hydrogens (tertiary/aromatic N) is 4. The number of rotatable bonds is 4. The van der Waals surface area contributed by atoms with Gasteiger partial charge in [-0.25, -0.2) is 0 Å². The van der Waals surface area contributed by atoms with Gasteiger partial charge in [-0.15, -0.1) is 9.13 Å². The first-order valence-electron chi connectivity index (χ1n) is 8.17. The molecule has 0 aliphatic heterocycles. The first-order chi connectivity index (χ1) is 12.4. The predicted octanol–water partition coefficient (Wildman–Crippen LogP) is -3.10. The van der Waals surface area contributed by atoms with Crippen LogP contribution >= 0.6 is 0 Å². The predicted molar refractivity (Wildman–Crippen MR) is 95.1 cm³/mol. The number of halogens is 2. The summed E-state index contributed by atoms with van der Waals surface area (Å²) in [7, 11) is 0. The molecule has 6 heteroatoms. The van der Waals surface area contributed by atoms with Crippen molar-refractivity contribution >= 4 is 0 Å². The number of pyridine rings is 4. The molecule has 4 rings (SSSR count). The van der Waals surface area contributed by atoms with E-state index in [1.165, 1.54) is 22.3 Å². The van der Waals surface area contributed by atoms with Crippen LogP contribution in [0.3, 0.4) is 0 Å². The van der Waals surface area contributed by atoms with Crippen molar-refractivity contribution in [3.8, 4) is 22.3 Å². The van der Waals surface area contributed by atoms with Gasteiger partial charge in [-0.1, -0.05) is 0 Å². The van der Waals surface area contributed by atoms with E-state index in [-0.39, 0.29) is 24.8 Å². The molecule has 0 N–H and O–H groups in total. The van der Waals surface area contributed by atoms with Gasteiger partial charge in [0.05, 0.1) is 0 Å². The number of hydrogen-bond donors (Lipinski definition) is 0. The Morgan fingerprint density at radius 3 is 1.11 bits per heavy atom. The van der Waals surface area contributed by atoms with Gasteiger partial charge >= 0.3 is 6.67 Å². The van der Waals surface area contributed by atoms with E-state index in [0.717, 1.165) is 6.67 Å². The maximum Gasteiger partial charge on any atom is 0.343 e. The zero-order chi connectivity index (χ0) is 16.9. The third kappa shape index (κ3) is 5.09. The van der Waals surface area contributed by atoms with E-state index in [2.05, 4.69) is 68.2 Å². The summed E-state index contributed by atoms with van der Waals surface area (Å²) in [5.41, 5.74) is 4.74. The van der Waals surface area contributed by atoms with Crippen molar-refractivity contribution in [2.75, 3.05) is 0 Å². The van der Waals surface area contributed by atoms with Gasteiger partial charge in [-0.3, -0.25) is 9.97 Å². The van der Waals surface area contributed by atoms with E-state index in [9.17, 15) is 0 Å². The highest BCUT2D eigenvalue weighted by atomic mass is 35.5. The molecule has 0 saturated heterocycles. The minimum absolute atomic E-state index is 0. The van der Waals surface area contributed by atoms with E-state index in [1.807, 2.05) is 49.1 Å². The molecule has 136 valence electrons. The molecule has 0 amide bonds. The topological polar surface area (TPSA) is 33.5 Å². The van der Waals surface area contributed by atoms with Gasteiger partial charge in [0, 0.05) is 49.1 Å². The average molecular weight is 397 g/mol. The molecule has 0 aliphatic rings. The molecule has 0 unspecified atom stereocenters. The van der Waals surface area contributed by atoms with Crippen molar-refractivity contribution in [1.29, 1.82) is 0 Å². The molecular formula is C21H18Cl2N4. The lowest BCUT2D eigenvalue weighted by Crippen LogP contribution is -3.00. The minimum Gasteiger partial charge on any atom is -1.00 e. The SMILES string of the molecule is [Cl-].[Cl-].c1cc(-c2cc[n+](C[n+]3ccc(-c4ccncc4)cc3)cc2)ccn1. The third-order valence-corrected chi connectivity index (χ3v) is 4.14. The first kappa shape index (κ1) is 20.5. The normalized spacial score (nSPS) is 9.78. The maximum absolute atomic E-state index is 4.06. The standard InChI is InChI=1S/C21H18N4.2ClH/c1-9-22-10-2-18(1)20-5-13-24(14-6-20)17-25-15-7-21(8-16-25)19-3-11-23-12-4-19;;/h1-16H,17H2;2*1H/q+2;;/p-2. The molecule has 4 aromatic heterocycles. The van der Waals surface area contributed by atoms with Crippen LogP contribution in [0.2, 0.25) is 0 Å². The second kappa shape index (κ2) is 9.76. The van der Waals surface area contributed by atoms with Gasteiger partial charge in [-0.05, 0) is 46.5 Å². The Labute approximate surface area is 171 Å². The van der Waals surface area contributed by atoms with Crippen LogP contribution in [0.1, 0.15) is 0 Å². The summed E-state index contributed by atoms with van der Waals surface area (Å²) in [6, 6.07) is 16.6. The fourth-order valence-electron chi connectivity index (χ4n) is 2.77. The summed E-state index contributed by atoms with van der Waals surface area (Å²) in [6.07, 6.45) is 15.7. The van der Waals surface area contributed by atoms with Gasteiger partial charge in [0.15, 0.2) is 24.8 Å². The van der Waals surface area contributed by atoms with Crippen molar-refractivity contribution < 1.29 is 33.9 Å². The lowest BCUT2D eigenvalue weighted by molar-refractivity contribution is -0.913. The van der Waals surface area contributed by atoms with Crippen molar-refractivity contribution in [3.63, 3.8) is 0 Å². The summed E-state index contributed by atoms with van der Waals surface area (Å²) in [6.45, 7) is 0.771. The molecule has 4 aromatic rings. The van der Waals surface area contributed by atoms with Gasteiger partial charge in [0.25, 0.3) is 0 Å². The molecule has 0 atom stereocenters. The highest BCUT2D eigenvalue weighted by molar-refractivity contribution is 5.62. The van der Waals surface area contributed by atoms with Crippen LogP contribution in [0.5, 0.6) is 0 Å². The van der Waals surface area contributed by atoms with Gasteiger partial charge in [-0.2, -0.15) is 0 Å². The van der Waals surface area contributed by atoms with E-state index in [4.69, 9.17) is 0 Å². The fourth-order valence-corrected chi connectivity index (χ4v) is 2.77. The molecule has 0 aromatic carbocycles. The Morgan fingerprint density at radius 1 is 0.481 bits per heavy atom. The van der Waals surface area contributed by atoms with E-state index in [0.29, 0.717) is 0 Å². The zero-order valence-electron chi connectivity index (χ0n) is 14.5. The Balaban J connectivity index is 0.00000131. The Bertz CT molecular complexity index is 864. The Morgan fingerprint density at radius 2 is 0.778 bits per heavy atom. The lowest BCUT2D eigenvalue weighted by Gasteiger charge is -2.01. The third-order valence-electron chi connectivity index (χ3n) is 4.14. The molecule has 0 spiro atoms. The van der Waals surface area contributed by atoms with Gasteiger partial charge in [0.2, 0.25) is 0 Å². The molecule has 0 bridgehead atoms. The molecule has 0 aliphatic carbocycles. The van der Waals surface area contributed by atoms with Crippen LogP contribution in [0.15, 0.2) is 98.1 Å². The molecule has 27 heavy (non-hydrogen) atoms. The highest BCUT2D eigenvalue weighted by Crippen LogP contribution is 2.16. The second-order valence-corrected chi connectivity index (χ2v) is 5.82. The summed E-state index contributed by atoms with van der Waals surface area (Å²) in [4.78, 5) is 8.12. The summed E-state index contributed by atoms with van der Waals surface area (Å²) in [5, 5.41) is 0. The second-order valence-electron chi connectivity index (χ2n) is 5.82. The highest BCUT2D eigenvalue weighted by Gasteiger charge is 2.09. The quantitative estimate of drug-likeness (QED) is 0.342. The summed E-state index contributed by atoms with van der Waals surface area (Å²) < 4.78 is 4.30. The summed E-state index contributed by atoms with van der Waals surface area (Å²) >= 11 is 0. The van der Waals surface area contributed by atoms with Gasteiger partial charge in [0.1, 0.15) is 0 Å². The number of hydrogen-bond acceptors (Lipinski definition) is 2. The molecule has 4 nitrogen and oxygen atoms in total. The van der Waals surface area contributed by atoms with Crippen molar-refractivity contribution in [2.24, 2.45) is 0 Å². The molecule has 4 heterocycles. The van der Waals surface area contributed by atoms with Crippen LogP contribution in [0, 0.1) is 0 Å². The van der Waals surface area contributed by atoms with Crippen LogP contribution in [-0.2, 0) is 6.67 Å². The lowest BCUT2D eigenvalue weighted by atomic mass is 10.1. The van der Waals surface area contributed by atoms with Gasteiger partial charge < -0.3 is 24.8 Å². The smallest absolute Gasteiger partial charge is 0.343 e. The van der Waals surface area contributed by atoms with E-state index in [1.54, 1.807) is 0 Å².